The first-order chi connectivity index (χ1) is 18.6. The largest absolute Gasteiger partial charge is 0.506 e. The molecule has 13 heteroatoms. The van der Waals surface area contributed by atoms with Crippen molar-refractivity contribution in [1.29, 1.82) is 0 Å². The lowest BCUT2D eigenvalue weighted by Gasteiger charge is -2.32. The molecule has 1 aromatic heterocycles. The van der Waals surface area contributed by atoms with E-state index in [4.69, 9.17) is 4.74 Å². The first kappa shape index (κ1) is 28.5. The summed E-state index contributed by atoms with van der Waals surface area (Å²) >= 11 is 1.76. The van der Waals surface area contributed by atoms with E-state index in [1.54, 1.807) is 35.7 Å². The molecule has 0 radical (unpaired) electrons. The fraction of sp³-hybridized carbons (Fsp3) is 0.308. The second-order valence-electron chi connectivity index (χ2n) is 9.00. The molecule has 0 bridgehead atoms. The number of ether oxygens (including phenoxy) is 1. The number of aliphatic hydroxyl groups excluding tert-OH is 1. The Kier molecular flexibility index (Phi) is 8.85. The van der Waals surface area contributed by atoms with Crippen molar-refractivity contribution in [1.82, 2.24) is 14.2 Å². The first-order valence-corrected chi connectivity index (χ1v) is 14.7. The molecule has 11 nitrogen and oxygen atoms in total. The number of carboxylic acids is 1. The number of H-pyrrole nitrogens is 1. The van der Waals surface area contributed by atoms with Crippen LogP contribution in [0, 0.1) is 6.92 Å². The normalized spacial score (nSPS) is 15.6. The van der Waals surface area contributed by atoms with Gasteiger partial charge in [-0.3, -0.25) is 4.79 Å². The number of rotatable bonds is 9. The second kappa shape index (κ2) is 12.1. The van der Waals surface area contributed by atoms with Crippen LogP contribution in [0.2, 0.25) is 0 Å². The number of nitrogens with one attached hydrogen (secondary N) is 1. The van der Waals surface area contributed by atoms with Gasteiger partial charge >= 0.3 is 12.1 Å². The molecule has 208 valence electrons. The van der Waals surface area contributed by atoms with Gasteiger partial charge in [0.1, 0.15) is 17.5 Å². The summed E-state index contributed by atoms with van der Waals surface area (Å²) in [5.41, 5.74) is 1.13. The van der Waals surface area contributed by atoms with Gasteiger partial charge in [-0.25, -0.2) is 13.2 Å². The van der Waals surface area contributed by atoms with Gasteiger partial charge in [-0.2, -0.15) is 16.1 Å². The summed E-state index contributed by atoms with van der Waals surface area (Å²) in [6.45, 7) is 2.96. The Bertz CT molecular complexity index is 1400. The fourth-order valence-corrected chi connectivity index (χ4v) is 6.60. The zero-order valence-corrected chi connectivity index (χ0v) is 22.7. The number of aliphatic hydroxyl groups is 1. The molecule has 1 fully saturated rings. The highest BCUT2D eigenvalue weighted by atomic mass is 32.2. The number of carbonyl (C=O) groups is 2. The Labute approximate surface area is 230 Å². The molecule has 2 aromatic carbocycles. The Balaban J connectivity index is 1.61. The van der Waals surface area contributed by atoms with E-state index in [0.29, 0.717) is 23.0 Å². The third-order valence-corrected chi connectivity index (χ3v) is 9.04. The predicted octanol–water partition coefficient (Wildman–Crippen LogP) is 2.95. The zero-order valence-electron chi connectivity index (χ0n) is 21.1. The van der Waals surface area contributed by atoms with E-state index in [1.165, 1.54) is 36.4 Å². The molecule has 1 saturated heterocycles. The van der Waals surface area contributed by atoms with Crippen molar-refractivity contribution in [2.24, 2.45) is 0 Å². The van der Waals surface area contributed by atoms with Crippen molar-refractivity contribution < 1.29 is 38.1 Å². The highest BCUT2D eigenvalue weighted by Crippen LogP contribution is 2.31. The van der Waals surface area contributed by atoms with Crippen LogP contribution in [-0.2, 0) is 21.2 Å². The fourth-order valence-electron chi connectivity index (χ4n) is 4.10. The van der Waals surface area contributed by atoms with Crippen molar-refractivity contribution in [2.45, 2.75) is 30.5 Å². The average Bonchev–Trinajstić information content (AvgIpc) is 3.36. The molecule has 0 saturated carbocycles. The van der Waals surface area contributed by atoms with Gasteiger partial charge in [0.25, 0.3) is 0 Å². The van der Waals surface area contributed by atoms with Crippen LogP contribution in [-0.4, -0.2) is 80.6 Å². The molecule has 39 heavy (non-hydrogen) atoms. The lowest BCUT2D eigenvalue weighted by molar-refractivity contribution is -0.144. The number of aromatic nitrogens is 1. The summed E-state index contributed by atoms with van der Waals surface area (Å²) < 4.78 is 33.3. The summed E-state index contributed by atoms with van der Waals surface area (Å²) in [6.07, 6.45) is -1.57. The molecule has 4 rings (SSSR count). The third kappa shape index (κ3) is 6.74. The summed E-state index contributed by atoms with van der Waals surface area (Å²) in [5.74, 6) is 0.192. The molecule has 1 aliphatic rings. The molecular formula is C26H29N3O8S2. The van der Waals surface area contributed by atoms with E-state index < -0.39 is 34.4 Å². The second-order valence-corrected chi connectivity index (χ2v) is 12.1. The molecule has 2 heterocycles. The Morgan fingerprint density at radius 2 is 1.74 bits per heavy atom. The van der Waals surface area contributed by atoms with Gasteiger partial charge in [0, 0.05) is 36.9 Å². The maximum absolute atomic E-state index is 13.7. The lowest BCUT2D eigenvalue weighted by atomic mass is 10.1. The number of nitrogens with zero attached hydrogens (tertiary/aromatic N) is 2. The number of amides is 1. The molecule has 1 unspecified atom stereocenters. The monoisotopic (exact) mass is 575 g/mol. The first-order valence-electron chi connectivity index (χ1n) is 12.1. The van der Waals surface area contributed by atoms with Crippen molar-refractivity contribution >= 4 is 33.8 Å². The molecule has 0 aliphatic carbocycles. The standard InChI is InChI=1S/C26H29N3O8S2/c1-17-2-8-21(9-3-17)39(35,36)29(24(31)22-15-19(30)16-27-22)23(25(32)33)14-18-4-6-20(7-5-18)37-26(34)28-10-12-38-13-11-28/h2-9,15-16,23-24,27,30-31H,10-14H2,1H3,(H,32,33)/t23-,24?/m0/s1. The number of aryl methyl sites for hydroxylation is 1. The van der Waals surface area contributed by atoms with Crippen LogP contribution < -0.4 is 4.74 Å². The Morgan fingerprint density at radius 3 is 2.31 bits per heavy atom. The minimum Gasteiger partial charge on any atom is -0.506 e. The van der Waals surface area contributed by atoms with Crippen LogP contribution >= 0.6 is 11.8 Å². The maximum Gasteiger partial charge on any atom is 0.415 e. The van der Waals surface area contributed by atoms with Gasteiger partial charge in [-0.05, 0) is 43.2 Å². The van der Waals surface area contributed by atoms with Crippen molar-refractivity contribution in [2.75, 3.05) is 24.6 Å². The number of aliphatic carboxylic acids is 1. The van der Waals surface area contributed by atoms with Gasteiger partial charge in [-0.1, -0.05) is 29.8 Å². The number of hydrogen-bond acceptors (Lipinski definition) is 8. The molecule has 0 spiro atoms. The van der Waals surface area contributed by atoms with Gasteiger partial charge in [0.05, 0.1) is 10.6 Å². The van der Waals surface area contributed by atoms with E-state index in [0.717, 1.165) is 29.3 Å². The summed E-state index contributed by atoms with van der Waals surface area (Å²) in [5, 5.41) is 30.9. The van der Waals surface area contributed by atoms with Crippen LogP contribution in [0.15, 0.2) is 65.7 Å². The summed E-state index contributed by atoms with van der Waals surface area (Å²) in [6, 6.07) is 11.3. The van der Waals surface area contributed by atoms with Crippen LogP contribution in [0.25, 0.3) is 0 Å². The molecule has 4 N–H and O–H groups in total. The molecular weight excluding hydrogens is 546 g/mol. The molecule has 3 aromatic rings. The van der Waals surface area contributed by atoms with E-state index in [2.05, 4.69) is 4.98 Å². The predicted molar refractivity (Wildman–Crippen MR) is 144 cm³/mol. The van der Waals surface area contributed by atoms with E-state index in [1.807, 2.05) is 0 Å². The van der Waals surface area contributed by atoms with Crippen molar-refractivity contribution in [3.63, 3.8) is 0 Å². The number of sulfonamides is 1. The Morgan fingerprint density at radius 1 is 1.10 bits per heavy atom. The van der Waals surface area contributed by atoms with E-state index >= 15 is 0 Å². The number of carboxylic acid groups (broad SMARTS) is 1. The summed E-state index contributed by atoms with van der Waals surface area (Å²) in [4.78, 5) is 28.8. The Hall–Kier alpha value is -3.52. The quantitative estimate of drug-likeness (QED) is 0.281. The van der Waals surface area contributed by atoms with E-state index in [-0.39, 0.29) is 28.5 Å². The van der Waals surface area contributed by atoms with Crippen molar-refractivity contribution in [3.8, 4) is 11.5 Å². The van der Waals surface area contributed by atoms with Crippen LogP contribution in [0.5, 0.6) is 11.5 Å². The van der Waals surface area contributed by atoms with E-state index in [9.17, 15) is 33.3 Å². The van der Waals surface area contributed by atoms with Gasteiger partial charge in [0.15, 0.2) is 6.23 Å². The molecule has 2 atom stereocenters. The number of aromatic hydroxyl groups is 1. The topological polar surface area (TPSA) is 160 Å². The average molecular weight is 576 g/mol. The maximum atomic E-state index is 13.7. The zero-order chi connectivity index (χ0) is 28.2. The van der Waals surface area contributed by atoms with Crippen LogP contribution in [0.4, 0.5) is 4.79 Å². The third-order valence-electron chi connectivity index (χ3n) is 6.22. The number of thioether (sulfide) groups is 1. The SMILES string of the molecule is Cc1ccc(S(=O)(=O)N(C(O)c2cc(O)c[nH]2)[C@@H](Cc2ccc(OC(=O)N3CCSCC3)cc2)C(=O)O)cc1. The smallest absolute Gasteiger partial charge is 0.415 e. The van der Waals surface area contributed by atoms with Crippen LogP contribution in [0.1, 0.15) is 23.0 Å². The highest BCUT2D eigenvalue weighted by Gasteiger charge is 2.42. The minimum absolute atomic E-state index is 0.104. The number of aromatic amines is 1. The number of carbonyl (C=O) groups excluding carboxylic acids is 1. The number of hydrogen-bond donors (Lipinski definition) is 4. The molecule has 1 amide bonds. The highest BCUT2D eigenvalue weighted by molar-refractivity contribution is 7.99. The van der Waals surface area contributed by atoms with Gasteiger partial charge in [-0.15, -0.1) is 0 Å². The minimum atomic E-state index is -4.53. The van der Waals surface area contributed by atoms with Crippen molar-refractivity contribution in [3.05, 3.63) is 77.6 Å². The lowest BCUT2D eigenvalue weighted by Crippen LogP contribution is -2.48. The van der Waals surface area contributed by atoms with Gasteiger partial charge in [0.2, 0.25) is 10.0 Å². The van der Waals surface area contributed by atoms with Gasteiger partial charge < -0.3 is 29.9 Å². The number of benzene rings is 2. The van der Waals surface area contributed by atoms with Crippen LogP contribution in [0.3, 0.4) is 0 Å². The molecule has 1 aliphatic heterocycles. The summed E-state index contributed by atoms with van der Waals surface area (Å²) in [7, 11) is -4.53.